The van der Waals surface area contributed by atoms with Gasteiger partial charge in [-0.1, -0.05) is 30.3 Å². The molecule has 2 heterocycles. The van der Waals surface area contributed by atoms with Crippen LogP contribution >= 0.6 is 0 Å². The number of carbonyl (C=O) groups excluding carboxylic acids is 1. The number of carbonyl (C=O) groups is 1. The number of fused-ring (bicyclic) bond motifs is 1. The van der Waals surface area contributed by atoms with Crippen LogP contribution in [0, 0.1) is 5.82 Å². The number of phenols is 1. The number of rotatable bonds is 6. The molecule has 1 unspecified atom stereocenters. The van der Waals surface area contributed by atoms with Crippen LogP contribution in [0.1, 0.15) is 17.5 Å². The summed E-state index contributed by atoms with van der Waals surface area (Å²) >= 11 is 0. The topological polar surface area (TPSA) is 108 Å². The van der Waals surface area contributed by atoms with E-state index in [2.05, 4.69) is 17.4 Å². The van der Waals surface area contributed by atoms with Crippen LogP contribution in [-0.2, 0) is 27.8 Å². The molecule has 1 atom stereocenters. The zero-order valence-corrected chi connectivity index (χ0v) is 16.9. The van der Waals surface area contributed by atoms with Crippen molar-refractivity contribution in [3.8, 4) is 11.5 Å². The summed E-state index contributed by atoms with van der Waals surface area (Å²) in [5, 5.41) is 13.5. The first-order valence-electron chi connectivity index (χ1n) is 9.63. The lowest BCUT2D eigenvalue weighted by atomic mass is 10.00. The highest BCUT2D eigenvalue weighted by Gasteiger charge is 2.39. The Morgan fingerprint density at radius 3 is 2.77 bits per heavy atom. The second-order valence-electron chi connectivity index (χ2n) is 7.33. The molecule has 10 heteroatoms. The molecule has 1 amide bonds. The number of aromatic hydroxyl groups is 1. The van der Waals surface area contributed by atoms with Crippen LogP contribution in [0.15, 0.2) is 36.4 Å². The summed E-state index contributed by atoms with van der Waals surface area (Å²) < 4.78 is 47.3. The Balaban J connectivity index is 1.46. The molecule has 30 heavy (non-hydrogen) atoms. The van der Waals surface area contributed by atoms with Crippen molar-refractivity contribution in [1.82, 2.24) is 10.0 Å². The van der Waals surface area contributed by atoms with E-state index in [1.165, 1.54) is 11.6 Å². The van der Waals surface area contributed by atoms with Gasteiger partial charge in [0.25, 0.3) is 5.91 Å². The smallest absolute Gasteiger partial charge is 0.326 e. The van der Waals surface area contributed by atoms with Crippen LogP contribution in [0.5, 0.6) is 11.5 Å². The molecule has 2 aromatic rings. The number of phenolic OH excluding ortho intramolecular Hbond substituents is 1. The predicted octanol–water partition coefficient (Wildman–Crippen LogP) is 1.24. The van der Waals surface area contributed by atoms with E-state index in [1.807, 2.05) is 18.2 Å². The first kappa shape index (κ1) is 20.4. The average molecular weight is 435 g/mol. The van der Waals surface area contributed by atoms with Crippen LogP contribution in [0.4, 0.5) is 10.1 Å². The lowest BCUT2D eigenvalue weighted by Crippen LogP contribution is -2.40. The number of anilines is 1. The number of nitrogens with one attached hydrogen (secondary N) is 2. The van der Waals surface area contributed by atoms with Gasteiger partial charge in [0.2, 0.25) is 0 Å². The molecule has 2 aliphatic heterocycles. The molecule has 0 radical (unpaired) electrons. The van der Waals surface area contributed by atoms with Crippen molar-refractivity contribution in [2.24, 2.45) is 0 Å². The third-order valence-electron chi connectivity index (χ3n) is 5.16. The quantitative estimate of drug-likeness (QED) is 0.590. The lowest BCUT2D eigenvalue weighted by Gasteiger charge is -2.28. The van der Waals surface area contributed by atoms with Crippen LogP contribution in [0.2, 0.25) is 0 Å². The maximum Gasteiger partial charge on any atom is 0.326 e. The first-order chi connectivity index (χ1) is 14.3. The van der Waals surface area contributed by atoms with Crippen molar-refractivity contribution in [3.05, 3.63) is 53.3 Å². The molecule has 4 rings (SSSR count). The molecule has 0 aromatic heterocycles. The minimum atomic E-state index is -4.24. The molecule has 0 spiro atoms. The number of aryl methyl sites for hydroxylation is 1. The fourth-order valence-corrected chi connectivity index (χ4v) is 4.88. The molecule has 0 bridgehead atoms. The van der Waals surface area contributed by atoms with Gasteiger partial charge in [-0.2, -0.15) is 8.42 Å². The molecule has 1 fully saturated rings. The van der Waals surface area contributed by atoms with Crippen molar-refractivity contribution in [2.45, 2.75) is 25.3 Å². The molecule has 160 valence electrons. The average Bonchev–Trinajstić information content (AvgIpc) is 2.98. The van der Waals surface area contributed by atoms with E-state index in [0.29, 0.717) is 17.5 Å². The Morgan fingerprint density at radius 1 is 1.30 bits per heavy atom. The maximum atomic E-state index is 15.2. The highest BCUT2D eigenvalue weighted by molar-refractivity contribution is 7.92. The Bertz CT molecular complexity index is 1060. The molecule has 8 nitrogen and oxygen atoms in total. The largest absolute Gasteiger partial charge is 0.505 e. The monoisotopic (exact) mass is 435 g/mol. The van der Waals surface area contributed by atoms with Gasteiger partial charge in [-0.05, 0) is 31.4 Å². The Morgan fingerprint density at radius 2 is 2.07 bits per heavy atom. The SMILES string of the molecule is O=C1CN(c2c(O)cc3c(c2F)CC(NCCCc2ccccc2)CO3)S(=O)(=O)N1. The van der Waals surface area contributed by atoms with E-state index in [1.54, 1.807) is 4.72 Å². The van der Waals surface area contributed by atoms with E-state index in [0.717, 1.165) is 12.8 Å². The highest BCUT2D eigenvalue weighted by atomic mass is 32.2. The summed E-state index contributed by atoms with van der Waals surface area (Å²) in [7, 11) is -4.24. The van der Waals surface area contributed by atoms with Gasteiger partial charge in [0.15, 0.2) is 5.82 Å². The predicted molar refractivity (Wildman–Crippen MR) is 108 cm³/mol. The van der Waals surface area contributed by atoms with Crippen molar-refractivity contribution in [1.29, 1.82) is 0 Å². The number of amides is 1. The van der Waals surface area contributed by atoms with E-state index < -0.39 is 39.9 Å². The van der Waals surface area contributed by atoms with Crippen LogP contribution < -0.4 is 19.1 Å². The summed E-state index contributed by atoms with van der Waals surface area (Å²) in [4.78, 5) is 11.5. The number of ether oxygens (including phenoxy) is 1. The minimum absolute atomic E-state index is 0.157. The molecule has 2 aliphatic rings. The summed E-state index contributed by atoms with van der Waals surface area (Å²) in [5.41, 5.74) is 0.871. The van der Waals surface area contributed by atoms with Gasteiger partial charge < -0.3 is 15.2 Å². The van der Waals surface area contributed by atoms with Crippen molar-refractivity contribution in [3.63, 3.8) is 0 Å². The summed E-state index contributed by atoms with van der Waals surface area (Å²) in [6.07, 6.45) is 2.09. The van der Waals surface area contributed by atoms with E-state index >= 15 is 4.39 Å². The van der Waals surface area contributed by atoms with Crippen molar-refractivity contribution in [2.75, 3.05) is 24.0 Å². The number of hydrogen-bond acceptors (Lipinski definition) is 6. The molecule has 1 saturated heterocycles. The lowest BCUT2D eigenvalue weighted by molar-refractivity contribution is -0.117. The zero-order valence-electron chi connectivity index (χ0n) is 16.1. The summed E-state index contributed by atoms with van der Waals surface area (Å²) in [6, 6.07) is 11.1. The number of benzene rings is 2. The third-order valence-corrected chi connectivity index (χ3v) is 6.54. The molecule has 0 aliphatic carbocycles. The van der Waals surface area contributed by atoms with Crippen LogP contribution in [0.25, 0.3) is 0 Å². The van der Waals surface area contributed by atoms with Gasteiger partial charge >= 0.3 is 10.2 Å². The van der Waals surface area contributed by atoms with Crippen molar-refractivity contribution >= 4 is 21.8 Å². The summed E-state index contributed by atoms with van der Waals surface area (Å²) in [6.45, 7) is 0.427. The van der Waals surface area contributed by atoms with Crippen molar-refractivity contribution < 1.29 is 27.4 Å². The Labute approximate surface area is 173 Å². The Kier molecular flexibility index (Phi) is 5.52. The first-order valence-corrected chi connectivity index (χ1v) is 11.1. The number of nitrogens with zero attached hydrogens (tertiary/aromatic N) is 1. The van der Waals surface area contributed by atoms with E-state index in [4.69, 9.17) is 4.74 Å². The molecular formula is C20H22FN3O5S. The van der Waals surface area contributed by atoms with Gasteiger partial charge in [0, 0.05) is 17.7 Å². The maximum absolute atomic E-state index is 15.2. The van der Waals surface area contributed by atoms with Gasteiger partial charge in [-0.3, -0.25) is 4.79 Å². The fourth-order valence-electron chi connectivity index (χ4n) is 3.72. The van der Waals surface area contributed by atoms with Crippen LogP contribution in [-0.4, -0.2) is 45.2 Å². The van der Waals surface area contributed by atoms with Gasteiger partial charge in [0.1, 0.15) is 30.3 Å². The summed E-state index contributed by atoms with van der Waals surface area (Å²) in [5.74, 6) is -2.12. The van der Waals surface area contributed by atoms with Crippen LogP contribution in [0.3, 0.4) is 0 Å². The minimum Gasteiger partial charge on any atom is -0.505 e. The molecular weight excluding hydrogens is 413 g/mol. The molecule has 2 aromatic carbocycles. The Hall–Kier alpha value is -2.85. The zero-order chi connectivity index (χ0) is 21.3. The molecule has 3 N–H and O–H groups in total. The van der Waals surface area contributed by atoms with Gasteiger partial charge in [-0.25, -0.2) is 13.4 Å². The standard InChI is InChI=1S/C20H22FN3O5S/c21-19-15-9-14(22-8-4-7-13-5-2-1-3-6-13)12-29-17(15)10-16(25)20(19)24-11-18(26)23-30(24,27)28/h1-3,5-6,10,14,22,25H,4,7-9,11-12H2,(H,23,26). The highest BCUT2D eigenvalue weighted by Crippen LogP contribution is 2.41. The van der Waals surface area contributed by atoms with Gasteiger partial charge in [0.05, 0.1) is 0 Å². The second kappa shape index (κ2) is 8.11. The number of hydrogen-bond donors (Lipinski definition) is 3. The van der Waals surface area contributed by atoms with Gasteiger partial charge in [-0.15, -0.1) is 0 Å². The second-order valence-corrected chi connectivity index (χ2v) is 8.92. The van der Waals surface area contributed by atoms with E-state index in [9.17, 15) is 18.3 Å². The fraction of sp³-hybridized carbons (Fsp3) is 0.350. The normalized spacial score (nSPS) is 19.8. The third kappa shape index (κ3) is 4.05. The number of halogens is 1. The van der Waals surface area contributed by atoms with E-state index in [-0.39, 0.29) is 23.8 Å². The molecule has 0 saturated carbocycles.